The van der Waals surface area contributed by atoms with Crippen LogP contribution in [-0.4, -0.2) is 29.6 Å². The fourth-order valence-corrected chi connectivity index (χ4v) is 3.58. The number of nitrogens with two attached hydrogens (primary N) is 1. The van der Waals surface area contributed by atoms with E-state index in [9.17, 15) is 0 Å². The van der Waals surface area contributed by atoms with Crippen LogP contribution in [0, 0.1) is 17.8 Å². The van der Waals surface area contributed by atoms with Gasteiger partial charge in [-0.1, -0.05) is 27.7 Å². The lowest BCUT2D eigenvalue weighted by Crippen LogP contribution is -2.53. The van der Waals surface area contributed by atoms with Crippen LogP contribution in [0.1, 0.15) is 34.1 Å². The Hall–Kier alpha value is -0.0800. The van der Waals surface area contributed by atoms with E-state index in [-0.39, 0.29) is 0 Å². The molecule has 0 aromatic rings. The SMILES string of the molecule is CC(C)C(C(C)C)N1CC2CC1C2N. The van der Waals surface area contributed by atoms with Gasteiger partial charge in [0.2, 0.25) is 0 Å². The summed E-state index contributed by atoms with van der Waals surface area (Å²) in [6.45, 7) is 10.6. The van der Waals surface area contributed by atoms with Gasteiger partial charge in [-0.2, -0.15) is 0 Å². The van der Waals surface area contributed by atoms with Gasteiger partial charge < -0.3 is 5.73 Å². The topological polar surface area (TPSA) is 29.3 Å². The Labute approximate surface area is 87.8 Å². The summed E-state index contributed by atoms with van der Waals surface area (Å²) in [5.74, 6) is 2.31. The molecule has 1 saturated carbocycles. The highest BCUT2D eigenvalue weighted by molar-refractivity contribution is 5.09. The van der Waals surface area contributed by atoms with Crippen molar-refractivity contribution in [3.63, 3.8) is 0 Å². The lowest BCUT2D eigenvalue weighted by molar-refractivity contribution is 0.101. The predicted octanol–water partition coefficient (Wildman–Crippen LogP) is 1.70. The standard InChI is InChI=1S/C12H24N2/c1-7(2)12(8(3)4)14-6-9-5-10(14)11(9)13/h7-12H,5-6,13H2,1-4H3. The van der Waals surface area contributed by atoms with Gasteiger partial charge in [-0.3, -0.25) is 4.90 Å². The van der Waals surface area contributed by atoms with Crippen LogP contribution in [0.4, 0.5) is 0 Å². The molecule has 3 atom stereocenters. The molecular weight excluding hydrogens is 172 g/mol. The predicted molar refractivity (Wildman–Crippen MR) is 60.0 cm³/mol. The second kappa shape index (κ2) is 3.49. The number of fused-ring (bicyclic) bond motifs is 1. The van der Waals surface area contributed by atoms with Crippen molar-refractivity contribution in [3.8, 4) is 0 Å². The lowest BCUT2D eigenvalue weighted by Gasteiger charge is -2.40. The third-order valence-electron chi connectivity index (χ3n) is 4.15. The van der Waals surface area contributed by atoms with Crippen molar-refractivity contribution in [2.75, 3.05) is 6.54 Å². The zero-order valence-corrected chi connectivity index (χ0v) is 9.90. The fourth-order valence-electron chi connectivity index (χ4n) is 3.58. The third-order valence-corrected chi connectivity index (χ3v) is 4.15. The molecule has 3 unspecified atom stereocenters. The molecule has 3 aliphatic rings. The van der Waals surface area contributed by atoms with Gasteiger partial charge in [0, 0.05) is 24.7 Å². The minimum Gasteiger partial charge on any atom is -0.326 e. The van der Waals surface area contributed by atoms with E-state index in [1.165, 1.54) is 13.0 Å². The number of hydrogen-bond acceptors (Lipinski definition) is 2. The van der Waals surface area contributed by atoms with Crippen LogP contribution in [0.5, 0.6) is 0 Å². The van der Waals surface area contributed by atoms with Gasteiger partial charge in [-0.15, -0.1) is 0 Å². The highest BCUT2D eigenvalue weighted by atomic mass is 15.3. The Morgan fingerprint density at radius 3 is 2.00 bits per heavy atom. The first-order valence-corrected chi connectivity index (χ1v) is 6.03. The van der Waals surface area contributed by atoms with E-state index in [1.807, 2.05) is 0 Å². The summed E-state index contributed by atoms with van der Waals surface area (Å²) in [5.41, 5.74) is 6.11. The van der Waals surface area contributed by atoms with E-state index in [0.29, 0.717) is 12.1 Å². The highest BCUT2D eigenvalue weighted by Crippen LogP contribution is 2.43. The van der Waals surface area contributed by atoms with E-state index in [0.717, 1.165) is 23.8 Å². The van der Waals surface area contributed by atoms with Crippen LogP contribution in [0.15, 0.2) is 0 Å². The molecule has 0 spiro atoms. The zero-order valence-electron chi connectivity index (χ0n) is 9.90. The Kier molecular flexibility index (Phi) is 2.61. The summed E-state index contributed by atoms with van der Waals surface area (Å²) in [6, 6.07) is 1.92. The molecule has 2 saturated heterocycles. The maximum atomic E-state index is 6.11. The molecule has 82 valence electrons. The summed E-state index contributed by atoms with van der Waals surface area (Å²) in [7, 11) is 0. The van der Waals surface area contributed by atoms with Gasteiger partial charge in [-0.25, -0.2) is 0 Å². The number of rotatable bonds is 3. The zero-order chi connectivity index (χ0) is 10.5. The van der Waals surface area contributed by atoms with Gasteiger partial charge in [0.25, 0.3) is 0 Å². The van der Waals surface area contributed by atoms with E-state index < -0.39 is 0 Å². The molecule has 2 aliphatic heterocycles. The van der Waals surface area contributed by atoms with Gasteiger partial charge >= 0.3 is 0 Å². The molecule has 0 aromatic heterocycles. The first-order valence-electron chi connectivity index (χ1n) is 6.03. The summed E-state index contributed by atoms with van der Waals surface area (Å²) in [5, 5.41) is 0. The quantitative estimate of drug-likeness (QED) is 0.744. The van der Waals surface area contributed by atoms with Crippen LogP contribution < -0.4 is 5.73 Å². The summed E-state index contributed by atoms with van der Waals surface area (Å²) < 4.78 is 0. The Morgan fingerprint density at radius 1 is 1.14 bits per heavy atom. The fraction of sp³-hybridized carbons (Fsp3) is 1.00. The molecule has 0 radical (unpaired) electrons. The lowest BCUT2D eigenvalue weighted by atomic mass is 9.80. The molecular formula is C12H24N2. The Balaban J connectivity index is 2.06. The van der Waals surface area contributed by atoms with Crippen molar-refractivity contribution in [3.05, 3.63) is 0 Å². The number of nitrogens with zero attached hydrogens (tertiary/aromatic N) is 1. The van der Waals surface area contributed by atoms with Crippen molar-refractivity contribution < 1.29 is 0 Å². The maximum Gasteiger partial charge on any atom is 0.0257 e. The normalized spacial score (nSPS) is 37.3. The van der Waals surface area contributed by atoms with Crippen molar-refractivity contribution in [1.29, 1.82) is 0 Å². The first kappa shape index (κ1) is 10.4. The second-order valence-corrected chi connectivity index (χ2v) is 5.82. The van der Waals surface area contributed by atoms with E-state index >= 15 is 0 Å². The molecule has 1 aliphatic carbocycles. The van der Waals surface area contributed by atoms with Gasteiger partial charge in [0.05, 0.1) is 0 Å². The summed E-state index contributed by atoms with van der Waals surface area (Å²) in [6.07, 6.45) is 1.36. The molecule has 3 fully saturated rings. The van der Waals surface area contributed by atoms with Crippen LogP contribution >= 0.6 is 0 Å². The molecule has 2 N–H and O–H groups in total. The minimum atomic E-state index is 0.481. The average Bonchev–Trinajstić information content (AvgIpc) is 2.59. The molecule has 2 heteroatoms. The van der Waals surface area contributed by atoms with Crippen LogP contribution in [0.2, 0.25) is 0 Å². The highest BCUT2D eigenvalue weighted by Gasteiger charge is 2.52. The van der Waals surface area contributed by atoms with E-state index in [4.69, 9.17) is 5.73 Å². The third kappa shape index (κ3) is 1.40. The minimum absolute atomic E-state index is 0.481. The maximum absolute atomic E-state index is 6.11. The Morgan fingerprint density at radius 2 is 1.71 bits per heavy atom. The second-order valence-electron chi connectivity index (χ2n) is 5.82. The summed E-state index contributed by atoms with van der Waals surface area (Å²) in [4.78, 5) is 2.69. The molecule has 0 amide bonds. The van der Waals surface area contributed by atoms with Crippen molar-refractivity contribution in [2.24, 2.45) is 23.5 Å². The molecule has 14 heavy (non-hydrogen) atoms. The molecule has 2 bridgehead atoms. The molecule has 0 aromatic carbocycles. The molecule has 3 rings (SSSR count). The van der Waals surface area contributed by atoms with Crippen LogP contribution in [0.3, 0.4) is 0 Å². The Bertz CT molecular complexity index is 204. The molecule has 2 heterocycles. The van der Waals surface area contributed by atoms with Crippen molar-refractivity contribution >= 4 is 0 Å². The van der Waals surface area contributed by atoms with Crippen molar-refractivity contribution in [1.82, 2.24) is 4.90 Å². The number of hydrogen-bond donors (Lipinski definition) is 1. The van der Waals surface area contributed by atoms with Gasteiger partial charge in [0.15, 0.2) is 0 Å². The summed E-state index contributed by atoms with van der Waals surface area (Å²) >= 11 is 0. The smallest absolute Gasteiger partial charge is 0.0257 e. The monoisotopic (exact) mass is 196 g/mol. The van der Waals surface area contributed by atoms with Gasteiger partial charge in [-0.05, 0) is 24.2 Å². The van der Waals surface area contributed by atoms with E-state index in [2.05, 4.69) is 32.6 Å². The first-order chi connectivity index (χ1) is 6.52. The largest absolute Gasteiger partial charge is 0.326 e. The van der Waals surface area contributed by atoms with Crippen LogP contribution in [0.25, 0.3) is 0 Å². The van der Waals surface area contributed by atoms with Crippen LogP contribution in [-0.2, 0) is 0 Å². The van der Waals surface area contributed by atoms with Gasteiger partial charge in [0.1, 0.15) is 0 Å². The van der Waals surface area contributed by atoms with Crippen molar-refractivity contribution in [2.45, 2.75) is 52.2 Å². The average molecular weight is 196 g/mol. The van der Waals surface area contributed by atoms with E-state index in [1.54, 1.807) is 0 Å². The molecule has 2 nitrogen and oxygen atoms in total.